The van der Waals surface area contributed by atoms with Gasteiger partial charge in [-0.2, -0.15) is 5.10 Å². The second-order valence-electron chi connectivity index (χ2n) is 8.54. The highest BCUT2D eigenvalue weighted by Crippen LogP contribution is 2.47. The number of carbonyl (C=O) groups excluding carboxylic acids is 1. The highest BCUT2D eigenvalue weighted by molar-refractivity contribution is 7.17. The quantitative estimate of drug-likeness (QED) is 0.414. The molecule has 1 aromatic heterocycles. The number of hydrogen-bond acceptors (Lipinski definition) is 5. The third-order valence-corrected chi connectivity index (χ3v) is 7.99. The van der Waals surface area contributed by atoms with Crippen molar-refractivity contribution in [3.63, 3.8) is 0 Å². The van der Waals surface area contributed by atoms with Gasteiger partial charge in [-0.05, 0) is 73.2 Å². The number of halogens is 2. The van der Waals surface area contributed by atoms with Crippen molar-refractivity contribution in [2.45, 2.75) is 32.2 Å². The molecule has 2 aliphatic rings. The van der Waals surface area contributed by atoms with Gasteiger partial charge < -0.3 is 5.32 Å². The summed E-state index contributed by atoms with van der Waals surface area (Å²) in [7, 11) is 1.64. The number of aromatic nitrogens is 1. The number of hydrogen-bond donors (Lipinski definition) is 1. The van der Waals surface area contributed by atoms with Gasteiger partial charge in [0.15, 0.2) is 0 Å². The number of benzene rings is 2. The van der Waals surface area contributed by atoms with E-state index in [1.807, 2.05) is 48.3 Å². The Labute approximate surface area is 213 Å². The number of rotatable bonds is 4. The van der Waals surface area contributed by atoms with E-state index in [-0.39, 0.29) is 17.9 Å². The maximum Gasteiger partial charge on any atom is 0.263 e. The van der Waals surface area contributed by atoms with Crippen molar-refractivity contribution in [2.75, 3.05) is 12.1 Å². The molecular formula is C26H24Cl2N4OS. The Morgan fingerprint density at radius 3 is 2.47 bits per heavy atom. The van der Waals surface area contributed by atoms with Crippen molar-refractivity contribution in [3.8, 4) is 0 Å². The van der Waals surface area contributed by atoms with Gasteiger partial charge in [-0.3, -0.25) is 4.79 Å². The number of aryl methyl sites for hydroxylation is 1. The molecule has 174 valence electrons. The zero-order valence-corrected chi connectivity index (χ0v) is 21.2. The Balaban J connectivity index is 1.60. The van der Waals surface area contributed by atoms with E-state index in [2.05, 4.69) is 23.5 Å². The van der Waals surface area contributed by atoms with Crippen LogP contribution in [-0.2, 0) is 0 Å². The zero-order chi connectivity index (χ0) is 23.8. The van der Waals surface area contributed by atoms with E-state index in [1.165, 1.54) is 16.9 Å². The number of amides is 1. The number of anilines is 1. The SMILES string of the molecule is CNC(=O)c1sc(N2N=C3/C(=C\c4ccc(Cl)cc4)CCC[C@H]3[C@H]2c2ccc(Cl)cc2)nc1C. The van der Waals surface area contributed by atoms with Gasteiger partial charge in [0, 0.05) is 23.0 Å². The van der Waals surface area contributed by atoms with Gasteiger partial charge in [0.2, 0.25) is 5.13 Å². The fourth-order valence-electron chi connectivity index (χ4n) is 4.72. The van der Waals surface area contributed by atoms with Crippen LogP contribution in [0.1, 0.15) is 51.8 Å². The van der Waals surface area contributed by atoms with Crippen LogP contribution in [0.2, 0.25) is 10.0 Å². The van der Waals surface area contributed by atoms with Crippen LogP contribution in [0.3, 0.4) is 0 Å². The Bertz CT molecular complexity index is 1280. The van der Waals surface area contributed by atoms with E-state index in [0.717, 1.165) is 46.3 Å². The summed E-state index contributed by atoms with van der Waals surface area (Å²) in [5, 5.41) is 12.0. The van der Waals surface area contributed by atoms with E-state index >= 15 is 0 Å². The molecule has 0 unspecified atom stereocenters. The molecule has 1 aliphatic heterocycles. The Kier molecular flexibility index (Phi) is 6.47. The van der Waals surface area contributed by atoms with Crippen LogP contribution >= 0.6 is 34.5 Å². The molecule has 0 radical (unpaired) electrons. The normalized spacial score (nSPS) is 20.9. The number of thiazole rings is 1. The predicted molar refractivity (Wildman–Crippen MR) is 141 cm³/mol. The molecule has 2 heterocycles. The maximum absolute atomic E-state index is 12.4. The molecule has 5 rings (SSSR count). The van der Waals surface area contributed by atoms with Gasteiger partial charge in [-0.25, -0.2) is 9.99 Å². The molecule has 0 spiro atoms. The Hall–Kier alpha value is -2.67. The second-order valence-corrected chi connectivity index (χ2v) is 10.4. The summed E-state index contributed by atoms with van der Waals surface area (Å²) in [6, 6.07) is 15.8. The number of nitrogens with zero attached hydrogens (tertiary/aromatic N) is 3. The first kappa shape index (κ1) is 23.1. The molecule has 5 nitrogen and oxygen atoms in total. The molecule has 8 heteroatoms. The van der Waals surface area contributed by atoms with Gasteiger partial charge in [0.1, 0.15) is 4.88 Å². The Morgan fingerprint density at radius 2 is 1.79 bits per heavy atom. The van der Waals surface area contributed by atoms with Crippen molar-refractivity contribution < 1.29 is 4.79 Å². The first-order valence-electron chi connectivity index (χ1n) is 11.2. The molecule has 3 aromatic rings. The average molecular weight is 511 g/mol. The van der Waals surface area contributed by atoms with Crippen LogP contribution in [0.15, 0.2) is 59.2 Å². The molecule has 1 saturated carbocycles. The Morgan fingerprint density at radius 1 is 1.12 bits per heavy atom. The van der Waals surface area contributed by atoms with Crippen LogP contribution < -0.4 is 10.3 Å². The van der Waals surface area contributed by atoms with Crippen molar-refractivity contribution in [1.82, 2.24) is 10.3 Å². The maximum atomic E-state index is 12.4. The minimum atomic E-state index is -0.128. The van der Waals surface area contributed by atoms with Gasteiger partial charge in [0.25, 0.3) is 5.91 Å². The largest absolute Gasteiger partial charge is 0.354 e. The standard InChI is InChI=1S/C26H24Cl2N4OS/c1-15-24(25(33)29-2)34-26(30-15)32-23(17-8-12-20(28)13-9-17)21-5-3-4-18(22(21)31-32)14-16-6-10-19(27)11-7-16/h6-14,21,23H,3-5H2,1-2H3,(H,29,33)/b18-14-/t21-,23-/m1/s1. The van der Waals surface area contributed by atoms with Crippen molar-refractivity contribution in [1.29, 1.82) is 0 Å². The minimum Gasteiger partial charge on any atom is -0.354 e. The lowest BCUT2D eigenvalue weighted by molar-refractivity contribution is 0.0966. The summed E-state index contributed by atoms with van der Waals surface area (Å²) in [6.45, 7) is 1.87. The fourth-order valence-corrected chi connectivity index (χ4v) is 5.97. The molecule has 0 bridgehead atoms. The van der Waals surface area contributed by atoms with Gasteiger partial charge in [-0.15, -0.1) is 0 Å². The average Bonchev–Trinajstić information content (AvgIpc) is 3.42. The molecule has 1 N–H and O–H groups in total. The van der Waals surface area contributed by atoms with Crippen molar-refractivity contribution in [3.05, 3.63) is 85.8 Å². The van der Waals surface area contributed by atoms with E-state index < -0.39 is 0 Å². The van der Waals surface area contributed by atoms with E-state index in [4.69, 9.17) is 33.3 Å². The first-order chi connectivity index (χ1) is 16.4. The third-order valence-electron chi connectivity index (χ3n) is 6.34. The number of hydrazone groups is 1. The molecular weight excluding hydrogens is 487 g/mol. The summed E-state index contributed by atoms with van der Waals surface area (Å²) >= 11 is 13.7. The molecule has 34 heavy (non-hydrogen) atoms. The van der Waals surface area contributed by atoms with Crippen molar-refractivity contribution >= 4 is 57.4 Å². The molecule has 0 saturated heterocycles. The summed E-state index contributed by atoms with van der Waals surface area (Å²) in [5.41, 5.74) is 5.28. The first-order valence-corrected chi connectivity index (χ1v) is 12.8. The minimum absolute atomic E-state index is 0.00993. The number of carbonyl (C=O) groups is 1. The van der Waals surface area contributed by atoms with E-state index in [9.17, 15) is 4.79 Å². The highest BCUT2D eigenvalue weighted by Gasteiger charge is 2.43. The van der Waals surface area contributed by atoms with Gasteiger partial charge in [-0.1, -0.05) is 58.8 Å². The topological polar surface area (TPSA) is 57.6 Å². The fraction of sp³-hybridized carbons (Fsp3) is 0.269. The lowest BCUT2D eigenvalue weighted by Crippen LogP contribution is -2.28. The summed E-state index contributed by atoms with van der Waals surface area (Å²) in [6.07, 6.45) is 5.31. The van der Waals surface area contributed by atoms with Crippen LogP contribution in [0.5, 0.6) is 0 Å². The van der Waals surface area contributed by atoms with Crippen LogP contribution in [0, 0.1) is 12.8 Å². The van der Waals surface area contributed by atoms with E-state index in [1.54, 1.807) is 7.05 Å². The molecule has 1 amide bonds. The van der Waals surface area contributed by atoms with E-state index in [0.29, 0.717) is 15.6 Å². The lowest BCUT2D eigenvalue weighted by Gasteiger charge is -2.29. The van der Waals surface area contributed by atoms with Crippen LogP contribution in [0.4, 0.5) is 5.13 Å². The number of fused-ring (bicyclic) bond motifs is 1. The summed E-state index contributed by atoms with van der Waals surface area (Å²) < 4.78 is 0. The molecule has 1 aliphatic carbocycles. The summed E-state index contributed by atoms with van der Waals surface area (Å²) in [5.74, 6) is 0.0954. The lowest BCUT2D eigenvalue weighted by atomic mass is 9.77. The van der Waals surface area contributed by atoms with Gasteiger partial charge in [0.05, 0.1) is 17.4 Å². The zero-order valence-electron chi connectivity index (χ0n) is 18.9. The highest BCUT2D eigenvalue weighted by atomic mass is 35.5. The summed E-state index contributed by atoms with van der Waals surface area (Å²) in [4.78, 5) is 17.7. The molecule has 2 atom stereocenters. The van der Waals surface area contributed by atoms with Crippen molar-refractivity contribution in [2.24, 2.45) is 11.0 Å². The molecule has 1 fully saturated rings. The number of nitrogens with one attached hydrogen (secondary N) is 1. The predicted octanol–water partition coefficient (Wildman–Crippen LogP) is 6.92. The number of allylic oxidation sites excluding steroid dienone is 1. The smallest absolute Gasteiger partial charge is 0.263 e. The van der Waals surface area contributed by atoms with Crippen LogP contribution in [0.25, 0.3) is 6.08 Å². The monoisotopic (exact) mass is 510 g/mol. The second kappa shape index (κ2) is 9.53. The molecule has 2 aromatic carbocycles. The van der Waals surface area contributed by atoms with Gasteiger partial charge >= 0.3 is 0 Å². The van der Waals surface area contributed by atoms with Crippen LogP contribution in [-0.4, -0.2) is 23.7 Å². The third kappa shape index (κ3) is 4.38.